The number of ketones is 1. The standard InChI is InChI=1S/C17H18N2O5/c1-11-6-16(20)14(15(11)9-19(22)23)7-17(21)24-10-13-5-3-2-4-12(13)8-18/h2-5,11,14-15H,6-7,9-10H2,1H3/t11-,14-,15-/m1/s1. The number of hydrogen-bond acceptors (Lipinski definition) is 6. The van der Waals surface area contributed by atoms with Crippen LogP contribution < -0.4 is 0 Å². The molecule has 0 spiro atoms. The van der Waals surface area contributed by atoms with Crippen LogP contribution in [0.2, 0.25) is 0 Å². The second-order valence-electron chi connectivity index (χ2n) is 6.07. The molecule has 0 bridgehead atoms. The van der Waals surface area contributed by atoms with Crippen LogP contribution in [0, 0.1) is 39.2 Å². The lowest BCUT2D eigenvalue weighted by molar-refractivity contribution is -0.490. The number of nitrogens with zero attached hydrogens (tertiary/aromatic N) is 2. The Morgan fingerprint density at radius 1 is 1.46 bits per heavy atom. The second-order valence-corrected chi connectivity index (χ2v) is 6.07. The van der Waals surface area contributed by atoms with E-state index in [2.05, 4.69) is 0 Å². The van der Waals surface area contributed by atoms with E-state index in [1.807, 2.05) is 6.07 Å². The van der Waals surface area contributed by atoms with Crippen LogP contribution in [0.1, 0.15) is 30.9 Å². The van der Waals surface area contributed by atoms with Crippen molar-refractivity contribution < 1.29 is 19.2 Å². The summed E-state index contributed by atoms with van der Waals surface area (Å²) in [6.45, 7) is 1.42. The third-order valence-corrected chi connectivity index (χ3v) is 4.46. The van der Waals surface area contributed by atoms with E-state index in [1.54, 1.807) is 31.2 Å². The molecule has 0 N–H and O–H groups in total. The topological polar surface area (TPSA) is 110 Å². The van der Waals surface area contributed by atoms with E-state index < -0.39 is 22.7 Å². The lowest BCUT2D eigenvalue weighted by Crippen LogP contribution is -2.27. The van der Waals surface area contributed by atoms with Crippen LogP contribution in [0.4, 0.5) is 0 Å². The van der Waals surface area contributed by atoms with Gasteiger partial charge in [-0.3, -0.25) is 19.7 Å². The van der Waals surface area contributed by atoms with Gasteiger partial charge in [0.05, 0.1) is 18.1 Å². The molecule has 7 nitrogen and oxygen atoms in total. The van der Waals surface area contributed by atoms with Gasteiger partial charge in [0.25, 0.3) is 0 Å². The number of esters is 1. The third-order valence-electron chi connectivity index (χ3n) is 4.46. The maximum atomic E-state index is 12.0. The average molecular weight is 330 g/mol. The zero-order valence-electron chi connectivity index (χ0n) is 13.3. The largest absolute Gasteiger partial charge is 0.461 e. The van der Waals surface area contributed by atoms with Crippen molar-refractivity contribution in [2.24, 2.45) is 17.8 Å². The molecular weight excluding hydrogens is 312 g/mol. The van der Waals surface area contributed by atoms with E-state index in [-0.39, 0.29) is 37.7 Å². The highest BCUT2D eigenvalue weighted by atomic mass is 16.6. The van der Waals surface area contributed by atoms with Crippen molar-refractivity contribution >= 4 is 11.8 Å². The minimum atomic E-state index is -0.663. The third kappa shape index (κ3) is 4.16. The Bertz CT molecular complexity index is 694. The Labute approximate surface area is 139 Å². The first-order chi connectivity index (χ1) is 11.4. The van der Waals surface area contributed by atoms with Gasteiger partial charge in [-0.05, 0) is 12.0 Å². The molecule has 126 valence electrons. The molecule has 0 unspecified atom stereocenters. The molecule has 1 saturated carbocycles. The maximum Gasteiger partial charge on any atom is 0.306 e. The fraction of sp³-hybridized carbons (Fsp3) is 0.471. The summed E-state index contributed by atoms with van der Waals surface area (Å²) in [5.41, 5.74) is 1.00. The first kappa shape index (κ1) is 17.6. The zero-order valence-corrected chi connectivity index (χ0v) is 13.3. The van der Waals surface area contributed by atoms with Crippen molar-refractivity contribution in [2.75, 3.05) is 6.54 Å². The van der Waals surface area contributed by atoms with Gasteiger partial charge in [0, 0.05) is 28.7 Å². The van der Waals surface area contributed by atoms with Gasteiger partial charge in [0.15, 0.2) is 0 Å². The fourth-order valence-electron chi connectivity index (χ4n) is 3.15. The molecule has 0 heterocycles. The molecule has 0 radical (unpaired) electrons. The lowest BCUT2D eigenvalue weighted by atomic mass is 9.88. The van der Waals surface area contributed by atoms with Crippen molar-refractivity contribution in [1.29, 1.82) is 5.26 Å². The molecule has 3 atom stereocenters. The molecular formula is C17H18N2O5. The van der Waals surface area contributed by atoms with E-state index in [0.717, 1.165) is 0 Å². The van der Waals surface area contributed by atoms with E-state index in [0.29, 0.717) is 11.1 Å². The monoisotopic (exact) mass is 330 g/mol. The number of nitro groups is 1. The number of hydrogen-bond donors (Lipinski definition) is 0. The van der Waals surface area contributed by atoms with Crippen LogP contribution in [0.15, 0.2) is 24.3 Å². The molecule has 7 heteroatoms. The quantitative estimate of drug-likeness (QED) is 0.449. The highest BCUT2D eigenvalue weighted by Gasteiger charge is 2.44. The number of nitriles is 1. The van der Waals surface area contributed by atoms with Crippen LogP contribution in [-0.2, 0) is 20.9 Å². The summed E-state index contributed by atoms with van der Waals surface area (Å²) in [7, 11) is 0. The summed E-state index contributed by atoms with van der Waals surface area (Å²) >= 11 is 0. The number of rotatable bonds is 6. The minimum Gasteiger partial charge on any atom is -0.461 e. The Kier molecular flexibility index (Phi) is 5.64. The first-order valence-electron chi connectivity index (χ1n) is 7.70. The SMILES string of the molecule is C[C@@H]1CC(=O)[C@H](CC(=O)OCc2ccccc2C#N)[C@@H]1C[N+](=O)[O-]. The molecule has 1 aromatic rings. The van der Waals surface area contributed by atoms with Crippen LogP contribution in [0.25, 0.3) is 0 Å². The zero-order chi connectivity index (χ0) is 17.7. The van der Waals surface area contributed by atoms with Crippen molar-refractivity contribution in [3.63, 3.8) is 0 Å². The van der Waals surface area contributed by atoms with Crippen LogP contribution in [0.3, 0.4) is 0 Å². The van der Waals surface area contributed by atoms with Crippen molar-refractivity contribution in [1.82, 2.24) is 0 Å². The molecule has 0 amide bonds. The summed E-state index contributed by atoms with van der Waals surface area (Å²) in [4.78, 5) is 34.4. The maximum absolute atomic E-state index is 12.0. The molecule has 1 aliphatic carbocycles. The Hall–Kier alpha value is -2.75. The minimum absolute atomic E-state index is 0.0566. The van der Waals surface area contributed by atoms with E-state index >= 15 is 0 Å². The van der Waals surface area contributed by atoms with E-state index in [4.69, 9.17) is 10.00 Å². The van der Waals surface area contributed by atoms with Crippen molar-refractivity contribution in [3.05, 3.63) is 45.5 Å². The van der Waals surface area contributed by atoms with Crippen LogP contribution in [0.5, 0.6) is 0 Å². The smallest absolute Gasteiger partial charge is 0.306 e. The van der Waals surface area contributed by atoms with Crippen LogP contribution >= 0.6 is 0 Å². The molecule has 1 fully saturated rings. The van der Waals surface area contributed by atoms with Gasteiger partial charge < -0.3 is 4.74 Å². The average Bonchev–Trinajstić information content (AvgIpc) is 2.79. The Morgan fingerprint density at radius 3 is 2.83 bits per heavy atom. The van der Waals surface area contributed by atoms with Gasteiger partial charge in [-0.2, -0.15) is 5.26 Å². The normalized spacial score (nSPS) is 22.8. The fourth-order valence-corrected chi connectivity index (χ4v) is 3.15. The molecule has 0 aliphatic heterocycles. The Balaban J connectivity index is 1.97. The van der Waals surface area contributed by atoms with Gasteiger partial charge in [-0.25, -0.2) is 0 Å². The number of carbonyl (C=O) groups excluding carboxylic acids is 2. The second kappa shape index (κ2) is 7.68. The predicted molar refractivity (Wildman–Crippen MR) is 83.2 cm³/mol. The molecule has 1 aliphatic rings. The highest BCUT2D eigenvalue weighted by molar-refractivity contribution is 5.87. The van der Waals surface area contributed by atoms with Gasteiger partial charge >= 0.3 is 5.97 Å². The summed E-state index contributed by atoms with van der Waals surface area (Å²) in [5, 5.41) is 19.8. The first-order valence-corrected chi connectivity index (χ1v) is 7.70. The van der Waals surface area contributed by atoms with Crippen molar-refractivity contribution in [3.8, 4) is 6.07 Å². The number of carbonyl (C=O) groups is 2. The highest BCUT2D eigenvalue weighted by Crippen LogP contribution is 2.36. The lowest BCUT2D eigenvalue weighted by Gasteiger charge is -2.17. The van der Waals surface area contributed by atoms with Gasteiger partial charge in [-0.15, -0.1) is 0 Å². The number of Topliss-reactive ketones (excluding diaryl/α,β-unsaturated/α-hetero) is 1. The molecule has 24 heavy (non-hydrogen) atoms. The molecule has 0 saturated heterocycles. The molecule has 1 aromatic carbocycles. The number of benzene rings is 1. The summed E-state index contributed by atoms with van der Waals surface area (Å²) in [6.07, 6.45) is 0.101. The van der Waals surface area contributed by atoms with Gasteiger partial charge in [0.1, 0.15) is 12.4 Å². The van der Waals surface area contributed by atoms with E-state index in [9.17, 15) is 19.7 Å². The summed E-state index contributed by atoms with van der Waals surface area (Å²) in [5.74, 6) is -1.91. The van der Waals surface area contributed by atoms with E-state index in [1.165, 1.54) is 0 Å². The van der Waals surface area contributed by atoms with Crippen LogP contribution in [-0.4, -0.2) is 23.2 Å². The summed E-state index contributed by atoms with van der Waals surface area (Å²) in [6, 6.07) is 8.77. The van der Waals surface area contributed by atoms with Crippen molar-refractivity contribution in [2.45, 2.75) is 26.4 Å². The molecule has 0 aromatic heterocycles. The predicted octanol–water partition coefficient (Wildman–Crippen LogP) is 2.11. The molecule has 2 rings (SSSR count). The van der Waals surface area contributed by atoms with Gasteiger partial charge in [0.2, 0.25) is 6.54 Å². The number of ether oxygens (including phenoxy) is 1. The summed E-state index contributed by atoms with van der Waals surface area (Å²) < 4.78 is 5.16. The van der Waals surface area contributed by atoms with Gasteiger partial charge in [-0.1, -0.05) is 25.1 Å². The Morgan fingerprint density at radius 2 is 2.17 bits per heavy atom.